The molecule has 3 heteroatoms. The number of rotatable bonds is 7. The maximum Gasteiger partial charge on any atom is 0.0708 e. The summed E-state index contributed by atoms with van der Waals surface area (Å²) in [6.07, 6.45) is 6.52. The molecule has 1 aliphatic rings. The van der Waals surface area contributed by atoms with Crippen LogP contribution in [0.25, 0.3) is 5.57 Å². The van der Waals surface area contributed by atoms with Gasteiger partial charge in [0.2, 0.25) is 0 Å². The SMILES string of the molecule is Cc1ccc(/C(=C\CN2CCCC2)c2cccc(CCCO)n2)cc1. The molecule has 0 radical (unpaired) electrons. The molecule has 25 heavy (non-hydrogen) atoms. The summed E-state index contributed by atoms with van der Waals surface area (Å²) in [5.41, 5.74) is 5.77. The molecule has 0 unspecified atom stereocenters. The Hall–Kier alpha value is -1.97. The van der Waals surface area contributed by atoms with Gasteiger partial charge in [-0.2, -0.15) is 0 Å². The maximum atomic E-state index is 9.07. The van der Waals surface area contributed by atoms with Crippen molar-refractivity contribution in [3.8, 4) is 0 Å². The van der Waals surface area contributed by atoms with Gasteiger partial charge in [0.05, 0.1) is 5.69 Å². The van der Waals surface area contributed by atoms with E-state index in [1.165, 1.54) is 42.6 Å². The second-order valence-electron chi connectivity index (χ2n) is 6.83. The van der Waals surface area contributed by atoms with Gasteiger partial charge in [-0.05, 0) is 63.4 Å². The third kappa shape index (κ3) is 5.00. The zero-order chi connectivity index (χ0) is 17.5. The molecule has 1 saturated heterocycles. The lowest BCUT2D eigenvalue weighted by Gasteiger charge is -2.14. The monoisotopic (exact) mass is 336 g/mol. The Morgan fingerprint density at radius 1 is 1.12 bits per heavy atom. The number of benzene rings is 1. The first-order valence-corrected chi connectivity index (χ1v) is 9.33. The van der Waals surface area contributed by atoms with E-state index in [4.69, 9.17) is 10.1 Å². The highest BCUT2D eigenvalue weighted by Gasteiger charge is 2.12. The topological polar surface area (TPSA) is 36.4 Å². The van der Waals surface area contributed by atoms with Crippen LogP contribution in [0, 0.1) is 6.92 Å². The fourth-order valence-electron chi connectivity index (χ4n) is 3.32. The van der Waals surface area contributed by atoms with E-state index >= 15 is 0 Å². The second kappa shape index (κ2) is 8.93. The summed E-state index contributed by atoms with van der Waals surface area (Å²) in [6.45, 7) is 5.70. The van der Waals surface area contributed by atoms with Gasteiger partial charge in [-0.15, -0.1) is 0 Å². The van der Waals surface area contributed by atoms with Gasteiger partial charge in [0.1, 0.15) is 0 Å². The second-order valence-corrected chi connectivity index (χ2v) is 6.83. The van der Waals surface area contributed by atoms with E-state index in [9.17, 15) is 0 Å². The van der Waals surface area contributed by atoms with Gasteiger partial charge in [0.25, 0.3) is 0 Å². The van der Waals surface area contributed by atoms with E-state index in [0.29, 0.717) is 0 Å². The normalized spacial score (nSPS) is 15.7. The van der Waals surface area contributed by atoms with E-state index < -0.39 is 0 Å². The van der Waals surface area contributed by atoms with Gasteiger partial charge in [-0.25, -0.2) is 0 Å². The number of aliphatic hydroxyl groups excluding tert-OH is 1. The molecule has 3 rings (SSSR count). The fourth-order valence-corrected chi connectivity index (χ4v) is 3.32. The first-order valence-electron chi connectivity index (χ1n) is 9.33. The van der Waals surface area contributed by atoms with Crippen molar-refractivity contribution in [3.63, 3.8) is 0 Å². The molecular formula is C22H28N2O. The van der Waals surface area contributed by atoms with E-state index in [0.717, 1.165) is 30.8 Å². The molecule has 0 spiro atoms. The Labute approximate surface area is 151 Å². The van der Waals surface area contributed by atoms with Crippen LogP contribution >= 0.6 is 0 Å². The van der Waals surface area contributed by atoms with Crippen LogP contribution in [0.5, 0.6) is 0 Å². The van der Waals surface area contributed by atoms with Crippen molar-refractivity contribution >= 4 is 5.57 Å². The molecule has 3 nitrogen and oxygen atoms in total. The summed E-state index contributed by atoms with van der Waals surface area (Å²) >= 11 is 0. The molecular weight excluding hydrogens is 308 g/mol. The molecule has 1 fully saturated rings. The van der Waals surface area contributed by atoms with Crippen molar-refractivity contribution in [2.45, 2.75) is 32.6 Å². The predicted octanol–water partition coefficient (Wildman–Crippen LogP) is 3.84. The van der Waals surface area contributed by atoms with Crippen molar-refractivity contribution in [1.82, 2.24) is 9.88 Å². The summed E-state index contributed by atoms with van der Waals surface area (Å²) in [5.74, 6) is 0. The van der Waals surface area contributed by atoms with Crippen LogP contribution in [0.3, 0.4) is 0 Å². The molecule has 1 aliphatic heterocycles. The van der Waals surface area contributed by atoms with Gasteiger partial charge in [0, 0.05) is 24.4 Å². The average Bonchev–Trinajstić information content (AvgIpc) is 3.15. The van der Waals surface area contributed by atoms with Crippen LogP contribution in [-0.4, -0.2) is 41.2 Å². The molecule has 132 valence electrons. The summed E-state index contributed by atoms with van der Waals surface area (Å²) < 4.78 is 0. The van der Waals surface area contributed by atoms with Crippen molar-refractivity contribution < 1.29 is 5.11 Å². The number of likely N-dealkylation sites (tertiary alicyclic amines) is 1. The smallest absolute Gasteiger partial charge is 0.0708 e. The van der Waals surface area contributed by atoms with E-state index in [1.54, 1.807) is 0 Å². The molecule has 1 N–H and O–H groups in total. The maximum absolute atomic E-state index is 9.07. The zero-order valence-electron chi connectivity index (χ0n) is 15.1. The Morgan fingerprint density at radius 3 is 2.60 bits per heavy atom. The summed E-state index contributed by atoms with van der Waals surface area (Å²) in [6, 6.07) is 14.9. The molecule has 0 aliphatic carbocycles. The number of aromatic nitrogens is 1. The lowest BCUT2D eigenvalue weighted by atomic mass is 10.00. The number of hydrogen-bond donors (Lipinski definition) is 1. The van der Waals surface area contributed by atoms with Crippen molar-refractivity contribution in [2.24, 2.45) is 0 Å². The largest absolute Gasteiger partial charge is 0.396 e. The van der Waals surface area contributed by atoms with Crippen molar-refractivity contribution in [3.05, 3.63) is 71.1 Å². The highest BCUT2D eigenvalue weighted by molar-refractivity contribution is 5.78. The summed E-state index contributed by atoms with van der Waals surface area (Å²) in [5, 5.41) is 9.07. The molecule has 1 aromatic heterocycles. The third-order valence-corrected chi connectivity index (χ3v) is 4.79. The molecule has 0 saturated carbocycles. The molecule has 2 aromatic rings. The summed E-state index contributed by atoms with van der Waals surface area (Å²) in [7, 11) is 0. The molecule has 1 aromatic carbocycles. The quantitative estimate of drug-likeness (QED) is 0.834. The van der Waals surface area contributed by atoms with Crippen LogP contribution in [0.2, 0.25) is 0 Å². The number of aliphatic hydroxyl groups is 1. The summed E-state index contributed by atoms with van der Waals surface area (Å²) in [4.78, 5) is 7.36. The molecule has 2 heterocycles. The minimum Gasteiger partial charge on any atom is -0.396 e. The first kappa shape index (κ1) is 17.8. The molecule has 0 amide bonds. The van der Waals surface area contributed by atoms with Crippen LogP contribution in [0.4, 0.5) is 0 Å². The van der Waals surface area contributed by atoms with Gasteiger partial charge in [-0.1, -0.05) is 42.0 Å². The van der Waals surface area contributed by atoms with E-state index in [-0.39, 0.29) is 6.61 Å². The van der Waals surface area contributed by atoms with E-state index in [1.807, 2.05) is 6.07 Å². The standard InChI is InChI=1S/C22H28N2O/c1-18-9-11-19(12-10-18)21(13-16-24-14-2-3-15-24)22-8-4-6-20(23-22)7-5-17-25/h4,6,8-13,25H,2-3,5,7,14-17H2,1H3/b21-13+. The predicted molar refractivity (Wildman–Crippen MR) is 104 cm³/mol. The number of pyridine rings is 1. The lowest BCUT2D eigenvalue weighted by Crippen LogP contribution is -2.19. The Morgan fingerprint density at radius 2 is 1.88 bits per heavy atom. The number of hydrogen-bond acceptors (Lipinski definition) is 3. The van der Waals surface area contributed by atoms with E-state index in [2.05, 4.69) is 54.3 Å². The minimum absolute atomic E-state index is 0.210. The Kier molecular flexibility index (Phi) is 6.37. The number of aryl methyl sites for hydroxylation is 2. The van der Waals surface area contributed by atoms with Crippen LogP contribution in [-0.2, 0) is 6.42 Å². The Bertz CT molecular complexity index is 700. The van der Waals surface area contributed by atoms with Crippen molar-refractivity contribution in [1.29, 1.82) is 0 Å². The average molecular weight is 336 g/mol. The minimum atomic E-state index is 0.210. The van der Waals surface area contributed by atoms with Crippen LogP contribution in [0.15, 0.2) is 48.5 Å². The highest BCUT2D eigenvalue weighted by atomic mass is 16.2. The van der Waals surface area contributed by atoms with Crippen LogP contribution < -0.4 is 0 Å². The van der Waals surface area contributed by atoms with Crippen LogP contribution in [0.1, 0.15) is 41.8 Å². The fraction of sp³-hybridized carbons (Fsp3) is 0.409. The van der Waals surface area contributed by atoms with Gasteiger partial charge in [0.15, 0.2) is 0 Å². The van der Waals surface area contributed by atoms with Gasteiger partial charge in [-0.3, -0.25) is 9.88 Å². The third-order valence-electron chi connectivity index (χ3n) is 4.79. The highest BCUT2D eigenvalue weighted by Crippen LogP contribution is 2.23. The molecule has 0 atom stereocenters. The van der Waals surface area contributed by atoms with Gasteiger partial charge >= 0.3 is 0 Å². The first-order chi connectivity index (χ1) is 12.3. The Balaban J connectivity index is 1.89. The molecule has 0 bridgehead atoms. The lowest BCUT2D eigenvalue weighted by molar-refractivity contribution is 0.288. The van der Waals surface area contributed by atoms with Crippen molar-refractivity contribution in [2.75, 3.05) is 26.2 Å². The zero-order valence-corrected chi connectivity index (χ0v) is 15.1. The van der Waals surface area contributed by atoms with Gasteiger partial charge < -0.3 is 5.11 Å². The number of nitrogens with zero attached hydrogens (tertiary/aromatic N) is 2.